The molecule has 2 aliphatic rings. The summed E-state index contributed by atoms with van der Waals surface area (Å²) >= 11 is 12.7. The molecule has 37 heavy (non-hydrogen) atoms. The van der Waals surface area contributed by atoms with Gasteiger partial charge in [-0.25, -0.2) is 8.42 Å². The molecule has 2 fully saturated rings. The third-order valence-corrected chi connectivity index (χ3v) is 9.48. The Labute approximate surface area is 228 Å². The number of hydrogen-bond acceptors (Lipinski definition) is 6. The van der Waals surface area contributed by atoms with Crippen molar-refractivity contribution in [1.29, 1.82) is 0 Å². The second-order valence-corrected chi connectivity index (χ2v) is 12.0. The van der Waals surface area contributed by atoms with E-state index in [1.54, 1.807) is 34.6 Å². The van der Waals surface area contributed by atoms with Crippen molar-refractivity contribution in [2.75, 3.05) is 62.7 Å². The summed E-state index contributed by atoms with van der Waals surface area (Å²) in [5.74, 6) is 0.524. The summed E-state index contributed by atoms with van der Waals surface area (Å²) in [5.41, 5.74) is 2.02. The van der Waals surface area contributed by atoms with Crippen LogP contribution in [0.2, 0.25) is 10.0 Å². The van der Waals surface area contributed by atoms with Crippen LogP contribution in [0.3, 0.4) is 0 Å². The number of hydrogen-bond donors (Lipinski definition) is 0. The predicted molar refractivity (Wildman–Crippen MR) is 150 cm³/mol. The van der Waals surface area contributed by atoms with E-state index in [0.717, 1.165) is 37.6 Å². The molecule has 0 bridgehead atoms. The molecule has 0 spiro atoms. The van der Waals surface area contributed by atoms with Crippen LogP contribution in [0.1, 0.15) is 0 Å². The molecule has 0 aromatic heterocycles. The van der Waals surface area contributed by atoms with E-state index in [-0.39, 0.29) is 11.1 Å². The van der Waals surface area contributed by atoms with Crippen molar-refractivity contribution in [2.45, 2.75) is 11.1 Å². The Morgan fingerprint density at radius 2 is 1.59 bits per heavy atom. The lowest BCUT2D eigenvalue weighted by atomic mass is 10.1. The minimum absolute atomic E-state index is 0.103. The van der Waals surface area contributed by atoms with Crippen LogP contribution in [0.15, 0.2) is 77.7 Å². The summed E-state index contributed by atoms with van der Waals surface area (Å²) in [5, 5.41) is 1.33. The first-order valence-corrected chi connectivity index (χ1v) is 14.5. The fraction of sp³-hybridized carbons (Fsp3) is 0.333. The van der Waals surface area contributed by atoms with Crippen LogP contribution in [0.5, 0.6) is 5.75 Å². The highest BCUT2D eigenvalue weighted by Gasteiger charge is 2.38. The molecule has 1 atom stereocenters. The molecule has 196 valence electrons. The first-order chi connectivity index (χ1) is 17.9. The molecule has 0 amide bonds. The van der Waals surface area contributed by atoms with Gasteiger partial charge >= 0.3 is 0 Å². The van der Waals surface area contributed by atoms with Crippen LogP contribution < -0.4 is 14.5 Å². The minimum Gasteiger partial charge on any atom is -0.497 e. The molecule has 3 aromatic carbocycles. The molecule has 2 saturated heterocycles. The molecule has 0 aliphatic carbocycles. The Bertz CT molecular complexity index is 1330. The van der Waals surface area contributed by atoms with Gasteiger partial charge in [-0.1, -0.05) is 47.5 Å². The maximum absolute atomic E-state index is 13.6. The van der Waals surface area contributed by atoms with Gasteiger partial charge in [-0.2, -0.15) is 4.31 Å². The van der Waals surface area contributed by atoms with Gasteiger partial charge in [0.1, 0.15) is 5.75 Å². The van der Waals surface area contributed by atoms with Gasteiger partial charge < -0.3 is 14.5 Å². The number of methoxy groups -OCH3 is 1. The number of para-hydroxylation sites is 1. The van der Waals surface area contributed by atoms with Crippen LogP contribution >= 0.6 is 23.2 Å². The first-order valence-electron chi connectivity index (χ1n) is 12.3. The van der Waals surface area contributed by atoms with Crippen LogP contribution in [0.4, 0.5) is 11.4 Å². The minimum atomic E-state index is -3.68. The molecule has 10 heteroatoms. The standard InChI is InChI=1S/C27H30Cl2N4O3S/c1-36-23-8-5-9-24(19-23)37(34,35)32-16-17-33(22-6-3-2-4-7-22)27(20-32)31-14-12-30(13-15-31)26-18-21(28)10-11-25(26)29/h2-11,18-19,27H,12-17,20H2,1H3. The van der Waals surface area contributed by atoms with Gasteiger partial charge in [0.2, 0.25) is 10.0 Å². The fourth-order valence-corrected chi connectivity index (χ4v) is 6.96. The fourth-order valence-electron chi connectivity index (χ4n) is 5.09. The zero-order valence-electron chi connectivity index (χ0n) is 20.6. The zero-order valence-corrected chi connectivity index (χ0v) is 23.0. The van der Waals surface area contributed by atoms with Gasteiger partial charge in [0, 0.05) is 62.6 Å². The van der Waals surface area contributed by atoms with Gasteiger partial charge in [0.15, 0.2) is 0 Å². The van der Waals surface area contributed by atoms with Crippen LogP contribution in [-0.2, 0) is 10.0 Å². The summed E-state index contributed by atoms with van der Waals surface area (Å²) in [6, 6.07) is 22.4. The summed E-state index contributed by atoms with van der Waals surface area (Å²) in [4.78, 5) is 7.18. The smallest absolute Gasteiger partial charge is 0.243 e. The van der Waals surface area contributed by atoms with Crippen LogP contribution in [0, 0.1) is 0 Å². The summed E-state index contributed by atoms with van der Waals surface area (Å²) < 4.78 is 34.1. The normalized spacial score (nSPS) is 19.7. The first kappa shape index (κ1) is 26.1. The van der Waals surface area contributed by atoms with Gasteiger partial charge in [0.25, 0.3) is 0 Å². The molecule has 1 unspecified atom stereocenters. The van der Waals surface area contributed by atoms with Crippen LogP contribution in [0.25, 0.3) is 0 Å². The summed E-state index contributed by atoms with van der Waals surface area (Å²) in [7, 11) is -2.14. The molecule has 5 rings (SSSR count). The Morgan fingerprint density at radius 1 is 0.838 bits per heavy atom. The number of halogens is 2. The molecule has 0 N–H and O–H groups in total. The molecular weight excluding hydrogens is 531 g/mol. The summed E-state index contributed by atoms with van der Waals surface area (Å²) in [6.07, 6.45) is -0.103. The molecule has 2 heterocycles. The van der Waals surface area contributed by atoms with E-state index in [2.05, 4.69) is 26.8 Å². The van der Waals surface area contributed by atoms with Crippen LogP contribution in [-0.4, -0.2) is 76.7 Å². The van der Waals surface area contributed by atoms with E-state index in [1.807, 2.05) is 30.3 Å². The molecule has 3 aromatic rings. The number of sulfonamides is 1. The monoisotopic (exact) mass is 560 g/mol. The highest BCUT2D eigenvalue weighted by Crippen LogP contribution is 2.32. The van der Waals surface area contributed by atoms with Crippen molar-refractivity contribution >= 4 is 44.6 Å². The lowest BCUT2D eigenvalue weighted by Crippen LogP contribution is -2.64. The zero-order chi connectivity index (χ0) is 26.0. The largest absolute Gasteiger partial charge is 0.497 e. The number of ether oxygens (including phenoxy) is 1. The average Bonchev–Trinajstić information content (AvgIpc) is 2.94. The maximum atomic E-state index is 13.6. The lowest BCUT2D eigenvalue weighted by molar-refractivity contribution is 0.137. The van der Waals surface area contributed by atoms with E-state index >= 15 is 0 Å². The Kier molecular flexibility index (Phi) is 7.83. The maximum Gasteiger partial charge on any atom is 0.243 e. The van der Waals surface area contributed by atoms with E-state index in [1.165, 1.54) is 7.11 Å². The number of rotatable bonds is 6. The van der Waals surface area contributed by atoms with E-state index in [9.17, 15) is 8.42 Å². The summed E-state index contributed by atoms with van der Waals surface area (Å²) in [6.45, 7) is 4.44. The van der Waals surface area contributed by atoms with Crippen molar-refractivity contribution in [3.63, 3.8) is 0 Å². The van der Waals surface area contributed by atoms with Crippen molar-refractivity contribution in [3.05, 3.63) is 82.8 Å². The van der Waals surface area contributed by atoms with Crippen molar-refractivity contribution in [2.24, 2.45) is 0 Å². The predicted octanol–water partition coefficient (Wildman–Crippen LogP) is 4.66. The third-order valence-electron chi connectivity index (χ3n) is 7.07. The topological polar surface area (TPSA) is 56.3 Å². The molecular formula is C27H30Cl2N4O3S. The number of anilines is 2. The molecule has 0 radical (unpaired) electrons. The van der Waals surface area contributed by atoms with Crippen molar-refractivity contribution in [1.82, 2.24) is 9.21 Å². The molecule has 2 aliphatic heterocycles. The Hall–Kier alpha value is -2.49. The van der Waals surface area contributed by atoms with Crippen molar-refractivity contribution < 1.29 is 13.2 Å². The van der Waals surface area contributed by atoms with E-state index < -0.39 is 10.0 Å². The number of nitrogens with zero attached hydrogens (tertiary/aromatic N) is 4. The Balaban J connectivity index is 1.38. The van der Waals surface area contributed by atoms with Gasteiger partial charge in [-0.05, 0) is 42.5 Å². The third kappa shape index (κ3) is 5.54. The van der Waals surface area contributed by atoms with Crippen molar-refractivity contribution in [3.8, 4) is 5.75 Å². The highest BCUT2D eigenvalue weighted by atomic mass is 35.5. The second kappa shape index (κ2) is 11.1. The van der Waals surface area contributed by atoms with E-state index in [0.29, 0.717) is 35.4 Å². The number of piperazine rings is 2. The lowest BCUT2D eigenvalue weighted by Gasteiger charge is -2.49. The SMILES string of the molecule is COc1cccc(S(=O)(=O)N2CCN(c3ccccc3)C(N3CCN(c4cc(Cl)ccc4Cl)CC3)C2)c1. The van der Waals surface area contributed by atoms with E-state index in [4.69, 9.17) is 27.9 Å². The van der Waals surface area contributed by atoms with Gasteiger partial charge in [0.05, 0.1) is 28.9 Å². The average molecular weight is 562 g/mol. The number of benzene rings is 3. The van der Waals surface area contributed by atoms with Gasteiger partial charge in [-0.15, -0.1) is 0 Å². The quantitative estimate of drug-likeness (QED) is 0.437. The van der Waals surface area contributed by atoms with Gasteiger partial charge in [-0.3, -0.25) is 4.90 Å². The Morgan fingerprint density at radius 3 is 2.32 bits per heavy atom. The molecule has 7 nitrogen and oxygen atoms in total. The second-order valence-electron chi connectivity index (χ2n) is 9.17. The highest BCUT2D eigenvalue weighted by molar-refractivity contribution is 7.89. The molecule has 0 saturated carbocycles.